The lowest BCUT2D eigenvalue weighted by Crippen LogP contribution is -2.42. The van der Waals surface area contributed by atoms with Gasteiger partial charge in [-0.3, -0.25) is 4.79 Å². The van der Waals surface area contributed by atoms with E-state index < -0.39 is 9.84 Å². The second-order valence-electron chi connectivity index (χ2n) is 5.07. The second-order valence-corrected chi connectivity index (χ2v) is 8.46. The molecular formula is C14H17Cl2NO3S. The van der Waals surface area contributed by atoms with Crippen molar-refractivity contribution in [1.82, 2.24) is 4.90 Å². The SMILES string of the molecule is CCS(=O)(=O)C1CCN(C(=O)c2ccc(Cl)c(Cl)c2)CC1. The van der Waals surface area contributed by atoms with E-state index in [2.05, 4.69) is 0 Å². The quantitative estimate of drug-likeness (QED) is 0.842. The number of rotatable bonds is 3. The summed E-state index contributed by atoms with van der Waals surface area (Å²) in [6, 6.07) is 4.76. The zero-order valence-corrected chi connectivity index (χ0v) is 14.0. The van der Waals surface area contributed by atoms with Crippen molar-refractivity contribution in [2.45, 2.75) is 25.0 Å². The Kier molecular flexibility index (Phi) is 5.17. The fourth-order valence-electron chi connectivity index (χ4n) is 2.47. The lowest BCUT2D eigenvalue weighted by molar-refractivity contribution is 0.0725. The molecule has 1 aliphatic heterocycles. The first kappa shape index (κ1) is 16.6. The van der Waals surface area contributed by atoms with Gasteiger partial charge in [-0.05, 0) is 31.0 Å². The molecule has 0 spiro atoms. The minimum absolute atomic E-state index is 0.138. The lowest BCUT2D eigenvalue weighted by atomic mass is 10.1. The molecule has 0 radical (unpaired) electrons. The third-order valence-electron chi connectivity index (χ3n) is 3.81. The van der Waals surface area contributed by atoms with Gasteiger partial charge in [0, 0.05) is 24.4 Å². The zero-order chi connectivity index (χ0) is 15.6. The van der Waals surface area contributed by atoms with Gasteiger partial charge in [-0.2, -0.15) is 0 Å². The van der Waals surface area contributed by atoms with Crippen molar-refractivity contribution in [3.63, 3.8) is 0 Å². The van der Waals surface area contributed by atoms with Crippen LogP contribution in [-0.2, 0) is 9.84 Å². The van der Waals surface area contributed by atoms with Crippen LogP contribution in [0.5, 0.6) is 0 Å². The Morgan fingerprint density at radius 1 is 1.24 bits per heavy atom. The van der Waals surface area contributed by atoms with Crippen LogP contribution in [0.25, 0.3) is 0 Å². The van der Waals surface area contributed by atoms with Crippen LogP contribution in [0.2, 0.25) is 10.0 Å². The molecule has 0 bridgehead atoms. The Labute approximate surface area is 134 Å². The van der Waals surface area contributed by atoms with Gasteiger partial charge in [-0.25, -0.2) is 8.42 Å². The van der Waals surface area contributed by atoms with Gasteiger partial charge >= 0.3 is 0 Å². The molecule has 1 aromatic rings. The van der Waals surface area contributed by atoms with Crippen LogP contribution in [0.4, 0.5) is 0 Å². The van der Waals surface area contributed by atoms with Crippen molar-refractivity contribution in [3.05, 3.63) is 33.8 Å². The molecule has 1 aromatic carbocycles. The van der Waals surface area contributed by atoms with Crippen molar-refractivity contribution >= 4 is 38.9 Å². The van der Waals surface area contributed by atoms with Gasteiger partial charge in [0.2, 0.25) is 0 Å². The molecule has 0 saturated carbocycles. The molecule has 4 nitrogen and oxygen atoms in total. The van der Waals surface area contributed by atoms with Gasteiger partial charge in [0.15, 0.2) is 9.84 Å². The van der Waals surface area contributed by atoms with E-state index in [1.54, 1.807) is 30.0 Å². The molecule has 0 atom stereocenters. The van der Waals surface area contributed by atoms with Gasteiger partial charge in [-0.1, -0.05) is 30.1 Å². The van der Waals surface area contributed by atoms with E-state index in [1.165, 1.54) is 0 Å². The van der Waals surface area contributed by atoms with Crippen molar-refractivity contribution in [2.75, 3.05) is 18.8 Å². The predicted octanol–water partition coefficient (Wildman–Crippen LogP) is 3.03. The molecule has 0 N–H and O–H groups in total. The van der Waals surface area contributed by atoms with E-state index in [0.717, 1.165) is 0 Å². The summed E-state index contributed by atoms with van der Waals surface area (Å²) in [4.78, 5) is 14.0. The van der Waals surface area contributed by atoms with Crippen molar-refractivity contribution in [1.29, 1.82) is 0 Å². The number of carbonyl (C=O) groups excluding carboxylic acids is 1. The summed E-state index contributed by atoms with van der Waals surface area (Å²) in [6.07, 6.45) is 0.979. The van der Waals surface area contributed by atoms with Gasteiger partial charge in [0.05, 0.1) is 15.3 Å². The summed E-state index contributed by atoms with van der Waals surface area (Å²) in [5, 5.41) is 0.410. The highest BCUT2D eigenvalue weighted by atomic mass is 35.5. The Hall–Kier alpha value is -0.780. The van der Waals surface area contributed by atoms with Crippen LogP contribution < -0.4 is 0 Å². The van der Waals surface area contributed by atoms with Crippen LogP contribution in [-0.4, -0.2) is 43.3 Å². The maximum absolute atomic E-state index is 12.4. The number of benzene rings is 1. The summed E-state index contributed by atoms with van der Waals surface area (Å²) in [6.45, 7) is 2.55. The largest absolute Gasteiger partial charge is 0.339 e. The fourth-order valence-corrected chi connectivity index (χ4v) is 4.16. The molecule has 7 heteroatoms. The maximum Gasteiger partial charge on any atom is 0.253 e. The number of amides is 1. The molecule has 0 aliphatic carbocycles. The molecule has 116 valence electrons. The van der Waals surface area contributed by atoms with Crippen LogP contribution in [0.3, 0.4) is 0 Å². The number of halogens is 2. The van der Waals surface area contributed by atoms with Gasteiger partial charge in [0.25, 0.3) is 5.91 Å². The third kappa shape index (κ3) is 3.71. The Bertz CT molecular complexity index is 638. The number of hydrogen-bond donors (Lipinski definition) is 0. The monoisotopic (exact) mass is 349 g/mol. The molecule has 2 rings (SSSR count). The smallest absolute Gasteiger partial charge is 0.253 e. The number of likely N-dealkylation sites (tertiary alicyclic amines) is 1. The molecular weight excluding hydrogens is 333 g/mol. The fraction of sp³-hybridized carbons (Fsp3) is 0.500. The van der Waals surface area contributed by atoms with Crippen molar-refractivity contribution < 1.29 is 13.2 Å². The number of nitrogens with zero attached hydrogens (tertiary/aromatic N) is 1. The Morgan fingerprint density at radius 2 is 1.86 bits per heavy atom. The highest BCUT2D eigenvalue weighted by Gasteiger charge is 2.30. The molecule has 1 fully saturated rings. The van der Waals surface area contributed by atoms with Gasteiger partial charge < -0.3 is 4.90 Å². The van der Waals surface area contributed by atoms with Crippen molar-refractivity contribution in [2.24, 2.45) is 0 Å². The average molecular weight is 350 g/mol. The predicted molar refractivity (Wildman–Crippen MR) is 84.8 cm³/mol. The highest BCUT2D eigenvalue weighted by Crippen LogP contribution is 2.25. The van der Waals surface area contributed by atoms with E-state index in [9.17, 15) is 13.2 Å². The average Bonchev–Trinajstić information content (AvgIpc) is 2.49. The van der Waals surface area contributed by atoms with E-state index in [-0.39, 0.29) is 16.9 Å². The number of sulfone groups is 1. The molecule has 21 heavy (non-hydrogen) atoms. The van der Waals surface area contributed by atoms with Gasteiger partial charge in [0.1, 0.15) is 0 Å². The van der Waals surface area contributed by atoms with E-state index >= 15 is 0 Å². The van der Waals surface area contributed by atoms with Gasteiger partial charge in [-0.15, -0.1) is 0 Å². The first-order valence-corrected chi connectivity index (χ1v) is 9.28. The maximum atomic E-state index is 12.4. The number of carbonyl (C=O) groups is 1. The summed E-state index contributed by atoms with van der Waals surface area (Å²) >= 11 is 11.7. The van der Waals surface area contributed by atoms with E-state index in [1.807, 2.05) is 0 Å². The first-order chi connectivity index (χ1) is 9.85. The Balaban J connectivity index is 2.05. The molecule has 1 amide bonds. The molecule has 1 heterocycles. The van der Waals surface area contributed by atoms with Crippen LogP contribution >= 0.6 is 23.2 Å². The number of hydrogen-bond acceptors (Lipinski definition) is 3. The standard InChI is InChI=1S/C14H17Cl2NO3S/c1-2-21(19,20)11-5-7-17(8-6-11)14(18)10-3-4-12(15)13(16)9-10/h3-4,9,11H,2,5-8H2,1H3. The Morgan fingerprint density at radius 3 is 2.38 bits per heavy atom. The number of piperidine rings is 1. The molecule has 1 aliphatic rings. The van der Waals surface area contributed by atoms with Crippen molar-refractivity contribution in [3.8, 4) is 0 Å². The normalized spacial score (nSPS) is 17.0. The molecule has 0 aromatic heterocycles. The molecule has 0 unspecified atom stereocenters. The van der Waals surface area contributed by atoms with E-state index in [0.29, 0.717) is 41.5 Å². The first-order valence-electron chi connectivity index (χ1n) is 6.81. The summed E-state index contributed by atoms with van der Waals surface area (Å²) < 4.78 is 23.7. The van der Waals surface area contributed by atoms with Crippen LogP contribution in [0.1, 0.15) is 30.1 Å². The summed E-state index contributed by atoms with van der Waals surface area (Å²) in [7, 11) is -3.02. The minimum atomic E-state index is -3.02. The third-order valence-corrected chi connectivity index (χ3v) is 6.84. The lowest BCUT2D eigenvalue weighted by Gasteiger charge is -2.31. The van der Waals surface area contributed by atoms with E-state index in [4.69, 9.17) is 23.2 Å². The zero-order valence-electron chi connectivity index (χ0n) is 11.7. The second kappa shape index (κ2) is 6.55. The summed E-state index contributed by atoms with van der Waals surface area (Å²) in [5.41, 5.74) is 0.473. The van der Waals surface area contributed by atoms with Crippen LogP contribution in [0, 0.1) is 0 Å². The highest BCUT2D eigenvalue weighted by molar-refractivity contribution is 7.92. The minimum Gasteiger partial charge on any atom is -0.339 e. The van der Waals surface area contributed by atoms with Crippen LogP contribution in [0.15, 0.2) is 18.2 Å². The molecule has 1 saturated heterocycles. The summed E-state index contributed by atoms with van der Waals surface area (Å²) in [5.74, 6) is 0.0132. The topological polar surface area (TPSA) is 54.5 Å².